The molecular formula is C20H23N3O3S. The van der Waals surface area contributed by atoms with Crippen molar-refractivity contribution >= 4 is 17.2 Å². The van der Waals surface area contributed by atoms with E-state index in [0.717, 1.165) is 34.1 Å². The Labute approximate surface area is 162 Å². The van der Waals surface area contributed by atoms with Crippen LogP contribution in [0.25, 0.3) is 0 Å². The molecule has 3 aromatic rings. The Bertz CT molecular complexity index is 913. The lowest BCUT2D eigenvalue weighted by Crippen LogP contribution is -2.26. The summed E-state index contributed by atoms with van der Waals surface area (Å²) in [7, 11) is 1.78. The summed E-state index contributed by atoms with van der Waals surface area (Å²) in [4.78, 5) is 19.1. The maximum Gasteiger partial charge on any atom is 0.257 e. The van der Waals surface area contributed by atoms with Crippen LogP contribution < -0.4 is 4.74 Å². The van der Waals surface area contributed by atoms with Crippen molar-refractivity contribution in [3.05, 3.63) is 62.9 Å². The molecule has 6 nitrogen and oxygen atoms in total. The molecule has 0 bridgehead atoms. The average molecular weight is 385 g/mol. The number of hydrogen-bond acceptors (Lipinski definition) is 6. The summed E-state index contributed by atoms with van der Waals surface area (Å²) in [5.74, 6) is 1.17. The minimum atomic E-state index is -0.101. The van der Waals surface area contributed by atoms with Crippen LogP contribution in [-0.4, -0.2) is 28.0 Å². The molecule has 1 aromatic carbocycles. The van der Waals surface area contributed by atoms with E-state index in [-0.39, 0.29) is 5.91 Å². The summed E-state index contributed by atoms with van der Waals surface area (Å²) in [5.41, 5.74) is 3.13. The van der Waals surface area contributed by atoms with Crippen molar-refractivity contribution in [1.82, 2.24) is 15.0 Å². The molecule has 2 aromatic heterocycles. The molecule has 2 heterocycles. The number of thiazole rings is 1. The molecule has 0 radical (unpaired) electrons. The van der Waals surface area contributed by atoms with Crippen molar-refractivity contribution in [1.29, 1.82) is 0 Å². The second-order valence-electron chi connectivity index (χ2n) is 6.33. The van der Waals surface area contributed by atoms with E-state index in [1.54, 1.807) is 35.4 Å². The highest BCUT2D eigenvalue weighted by molar-refractivity contribution is 7.09. The summed E-state index contributed by atoms with van der Waals surface area (Å²) in [6, 6.07) is 7.27. The molecule has 0 saturated carbocycles. The highest BCUT2D eigenvalue weighted by atomic mass is 32.1. The first-order valence-electron chi connectivity index (χ1n) is 8.82. The Balaban J connectivity index is 1.73. The van der Waals surface area contributed by atoms with Crippen molar-refractivity contribution in [3.8, 4) is 5.75 Å². The number of aromatic nitrogens is 2. The van der Waals surface area contributed by atoms with E-state index < -0.39 is 0 Å². The fraction of sp³-hybridized carbons (Fsp3) is 0.350. The van der Waals surface area contributed by atoms with Crippen molar-refractivity contribution in [2.75, 3.05) is 7.05 Å². The fourth-order valence-corrected chi connectivity index (χ4v) is 3.47. The van der Waals surface area contributed by atoms with Crippen LogP contribution in [0.15, 0.2) is 34.2 Å². The molecule has 1 amide bonds. The molecule has 27 heavy (non-hydrogen) atoms. The summed E-state index contributed by atoms with van der Waals surface area (Å²) >= 11 is 1.62. The number of nitrogens with zero attached hydrogens (tertiary/aromatic N) is 3. The monoisotopic (exact) mass is 385 g/mol. The van der Waals surface area contributed by atoms with E-state index in [0.29, 0.717) is 24.5 Å². The van der Waals surface area contributed by atoms with Gasteiger partial charge in [0.25, 0.3) is 5.91 Å². The Kier molecular flexibility index (Phi) is 5.91. The van der Waals surface area contributed by atoms with Gasteiger partial charge < -0.3 is 14.2 Å². The predicted molar refractivity (Wildman–Crippen MR) is 104 cm³/mol. The second kappa shape index (κ2) is 8.35. The number of carbonyl (C=O) groups is 1. The van der Waals surface area contributed by atoms with E-state index in [2.05, 4.69) is 17.1 Å². The van der Waals surface area contributed by atoms with Gasteiger partial charge in [-0.1, -0.05) is 24.2 Å². The van der Waals surface area contributed by atoms with Crippen molar-refractivity contribution in [3.63, 3.8) is 0 Å². The van der Waals surface area contributed by atoms with Crippen LogP contribution in [0.4, 0.5) is 0 Å². The molecule has 0 aliphatic carbocycles. The standard InChI is InChI=1S/C20H23N3O3S/c1-5-19-21-15(12-27-19)10-23(4)20(24)16-8-6-7-9-18(16)25-11-17-13(2)22-26-14(17)3/h6-9,12H,5,10-11H2,1-4H3. The Morgan fingerprint density at radius 2 is 2.07 bits per heavy atom. The molecule has 7 heteroatoms. The van der Waals surface area contributed by atoms with Crippen LogP contribution >= 0.6 is 11.3 Å². The van der Waals surface area contributed by atoms with E-state index in [4.69, 9.17) is 9.26 Å². The molecule has 142 valence electrons. The maximum absolute atomic E-state index is 12.9. The van der Waals surface area contributed by atoms with Gasteiger partial charge in [0.1, 0.15) is 18.1 Å². The molecule has 0 fully saturated rings. The molecule has 0 spiro atoms. The van der Waals surface area contributed by atoms with E-state index >= 15 is 0 Å². The van der Waals surface area contributed by atoms with Gasteiger partial charge >= 0.3 is 0 Å². The zero-order chi connectivity index (χ0) is 19.4. The van der Waals surface area contributed by atoms with Crippen LogP contribution in [0, 0.1) is 13.8 Å². The molecule has 0 atom stereocenters. The van der Waals surface area contributed by atoms with Crippen LogP contribution in [0.3, 0.4) is 0 Å². The van der Waals surface area contributed by atoms with Gasteiger partial charge in [0.05, 0.1) is 34.1 Å². The van der Waals surface area contributed by atoms with Gasteiger partial charge in [-0.3, -0.25) is 4.79 Å². The van der Waals surface area contributed by atoms with Gasteiger partial charge in [-0.05, 0) is 32.4 Å². The summed E-state index contributed by atoms with van der Waals surface area (Å²) in [6.45, 7) is 6.57. The lowest BCUT2D eigenvalue weighted by atomic mass is 10.1. The summed E-state index contributed by atoms with van der Waals surface area (Å²) in [5, 5.41) is 7.01. The normalized spacial score (nSPS) is 10.8. The Hall–Kier alpha value is -2.67. The number of hydrogen-bond donors (Lipinski definition) is 0. The number of rotatable bonds is 7. The molecule has 0 saturated heterocycles. The molecular weight excluding hydrogens is 362 g/mol. The summed E-state index contributed by atoms with van der Waals surface area (Å²) < 4.78 is 11.1. The van der Waals surface area contributed by atoms with Crippen molar-refractivity contribution in [2.45, 2.75) is 40.3 Å². The molecule has 0 unspecified atom stereocenters. The number of benzene rings is 1. The molecule has 0 N–H and O–H groups in total. The highest BCUT2D eigenvalue weighted by Gasteiger charge is 2.19. The second-order valence-corrected chi connectivity index (χ2v) is 7.28. The van der Waals surface area contributed by atoms with E-state index in [1.165, 1.54) is 0 Å². The first kappa shape index (κ1) is 19.1. The topological polar surface area (TPSA) is 68.5 Å². The van der Waals surface area contributed by atoms with E-state index in [9.17, 15) is 4.79 Å². The third kappa shape index (κ3) is 4.36. The lowest BCUT2D eigenvalue weighted by Gasteiger charge is -2.18. The predicted octanol–water partition coefficient (Wildman–Crippen LogP) is 4.16. The van der Waals surface area contributed by atoms with Gasteiger partial charge in [-0.2, -0.15) is 0 Å². The van der Waals surface area contributed by atoms with Crippen LogP contribution in [-0.2, 0) is 19.6 Å². The van der Waals surface area contributed by atoms with Gasteiger partial charge in [0.15, 0.2) is 0 Å². The highest BCUT2D eigenvalue weighted by Crippen LogP contribution is 2.23. The van der Waals surface area contributed by atoms with Gasteiger partial charge in [0, 0.05) is 12.4 Å². The first-order chi connectivity index (χ1) is 13.0. The third-order valence-electron chi connectivity index (χ3n) is 4.32. The van der Waals surface area contributed by atoms with Gasteiger partial charge in [-0.25, -0.2) is 4.98 Å². The van der Waals surface area contributed by atoms with Crippen LogP contribution in [0.1, 0.15) is 45.0 Å². The lowest BCUT2D eigenvalue weighted by molar-refractivity contribution is 0.0778. The number of amides is 1. The molecule has 0 aliphatic heterocycles. The number of para-hydroxylation sites is 1. The van der Waals surface area contributed by atoms with Crippen molar-refractivity contribution < 1.29 is 14.1 Å². The Morgan fingerprint density at radius 1 is 1.30 bits per heavy atom. The van der Waals surface area contributed by atoms with Crippen molar-refractivity contribution in [2.24, 2.45) is 0 Å². The first-order valence-corrected chi connectivity index (χ1v) is 9.69. The van der Waals surface area contributed by atoms with Gasteiger partial charge in [0.2, 0.25) is 0 Å². The largest absolute Gasteiger partial charge is 0.488 e. The number of aryl methyl sites for hydroxylation is 3. The molecule has 3 rings (SSSR count). The summed E-state index contributed by atoms with van der Waals surface area (Å²) in [6.07, 6.45) is 0.903. The quantitative estimate of drug-likeness (QED) is 0.611. The maximum atomic E-state index is 12.9. The smallest absolute Gasteiger partial charge is 0.257 e. The van der Waals surface area contributed by atoms with Gasteiger partial charge in [-0.15, -0.1) is 11.3 Å². The van der Waals surface area contributed by atoms with Crippen LogP contribution in [0.5, 0.6) is 5.75 Å². The zero-order valence-electron chi connectivity index (χ0n) is 16.0. The zero-order valence-corrected chi connectivity index (χ0v) is 16.8. The van der Waals surface area contributed by atoms with E-state index in [1.807, 2.05) is 31.4 Å². The fourth-order valence-electron chi connectivity index (χ4n) is 2.73. The minimum absolute atomic E-state index is 0.101. The SMILES string of the molecule is CCc1nc(CN(C)C(=O)c2ccccc2OCc2c(C)noc2C)cs1. The number of carbonyl (C=O) groups excluding carboxylic acids is 1. The third-order valence-corrected chi connectivity index (χ3v) is 5.36. The number of ether oxygens (including phenoxy) is 1. The van der Waals surface area contributed by atoms with Crippen LogP contribution in [0.2, 0.25) is 0 Å². The Morgan fingerprint density at radius 3 is 2.74 bits per heavy atom. The minimum Gasteiger partial charge on any atom is -0.488 e. The average Bonchev–Trinajstić information content (AvgIpc) is 3.26. The molecule has 0 aliphatic rings.